The van der Waals surface area contributed by atoms with Crippen molar-refractivity contribution < 1.29 is 14.1 Å². The summed E-state index contributed by atoms with van der Waals surface area (Å²) < 4.78 is 14.4. The molecule has 110 valence electrons. The summed E-state index contributed by atoms with van der Waals surface area (Å²) in [6, 6.07) is 7.16. The van der Waals surface area contributed by atoms with Crippen molar-refractivity contribution >= 4 is 38.2 Å². The van der Waals surface area contributed by atoms with Crippen molar-refractivity contribution in [1.82, 2.24) is 4.90 Å². The van der Waals surface area contributed by atoms with Crippen LogP contribution in [0.3, 0.4) is 0 Å². The second-order valence-corrected chi connectivity index (χ2v) is 6.27. The van der Waals surface area contributed by atoms with Crippen LogP contribution in [-0.2, 0) is 6.54 Å². The summed E-state index contributed by atoms with van der Waals surface area (Å²) in [7, 11) is 1.52. The first kappa shape index (κ1) is 15.6. The molecule has 0 unspecified atom stereocenters. The third-order valence-electron chi connectivity index (χ3n) is 2.74. The zero-order chi connectivity index (χ0) is 15.6. The molecule has 0 aliphatic carbocycles. The Morgan fingerprint density at radius 3 is 2.76 bits per heavy atom. The Balaban J connectivity index is 2.15. The van der Waals surface area contributed by atoms with Crippen molar-refractivity contribution in [1.29, 1.82) is 0 Å². The predicted octanol–water partition coefficient (Wildman–Crippen LogP) is 3.83. The van der Waals surface area contributed by atoms with Crippen LogP contribution in [0.2, 0.25) is 0 Å². The van der Waals surface area contributed by atoms with E-state index in [1.54, 1.807) is 12.1 Å². The number of nitrogens with zero attached hydrogens (tertiary/aromatic N) is 2. The van der Waals surface area contributed by atoms with Gasteiger partial charge >= 0.3 is 5.00 Å². The molecule has 21 heavy (non-hydrogen) atoms. The zero-order valence-corrected chi connectivity index (χ0v) is 13.3. The molecule has 1 aromatic heterocycles. The fourth-order valence-corrected chi connectivity index (χ4v) is 2.94. The lowest BCUT2D eigenvalue weighted by atomic mass is 10.2. The van der Waals surface area contributed by atoms with Gasteiger partial charge in [0.15, 0.2) is 0 Å². The van der Waals surface area contributed by atoms with Crippen LogP contribution in [0.25, 0.3) is 0 Å². The lowest BCUT2D eigenvalue weighted by molar-refractivity contribution is -0.380. The van der Waals surface area contributed by atoms with E-state index in [1.165, 1.54) is 30.1 Å². The third kappa shape index (κ3) is 3.64. The van der Waals surface area contributed by atoms with Gasteiger partial charge in [0.05, 0.1) is 9.80 Å². The maximum absolute atomic E-state index is 13.7. The monoisotopic (exact) mass is 372 g/mol. The highest BCUT2D eigenvalue weighted by atomic mass is 79.9. The number of carbonyl (C=O) groups excluding carboxylic acids is 1. The van der Waals surface area contributed by atoms with E-state index >= 15 is 0 Å². The van der Waals surface area contributed by atoms with Crippen LogP contribution in [0.15, 0.2) is 34.8 Å². The van der Waals surface area contributed by atoms with Gasteiger partial charge < -0.3 is 4.90 Å². The molecule has 0 aliphatic heterocycles. The van der Waals surface area contributed by atoms with Gasteiger partial charge in [0.1, 0.15) is 5.82 Å². The molecule has 0 N–H and O–H groups in total. The van der Waals surface area contributed by atoms with Crippen molar-refractivity contribution in [2.75, 3.05) is 7.05 Å². The van der Waals surface area contributed by atoms with Gasteiger partial charge in [-0.15, -0.1) is 0 Å². The number of rotatable bonds is 4. The molecule has 1 heterocycles. The van der Waals surface area contributed by atoms with Gasteiger partial charge in [-0.05, 0) is 24.3 Å². The zero-order valence-electron chi connectivity index (χ0n) is 10.9. The van der Waals surface area contributed by atoms with E-state index in [-0.39, 0.29) is 22.3 Å². The highest BCUT2D eigenvalue weighted by Gasteiger charge is 2.19. The topological polar surface area (TPSA) is 63.5 Å². The lowest BCUT2D eigenvalue weighted by Gasteiger charge is -2.16. The first-order valence-corrected chi connectivity index (χ1v) is 7.43. The van der Waals surface area contributed by atoms with E-state index in [1.807, 2.05) is 0 Å². The molecular weight excluding hydrogens is 363 g/mol. The summed E-state index contributed by atoms with van der Waals surface area (Å²) in [5, 5.41) is 10.5. The second-order valence-electron chi connectivity index (χ2n) is 4.29. The highest BCUT2D eigenvalue weighted by Crippen LogP contribution is 2.25. The smallest absolute Gasteiger partial charge is 0.324 e. The predicted molar refractivity (Wildman–Crippen MR) is 80.9 cm³/mol. The number of carbonyl (C=O) groups is 1. The van der Waals surface area contributed by atoms with E-state index in [0.717, 1.165) is 11.3 Å². The number of hydrogen-bond donors (Lipinski definition) is 0. The quantitative estimate of drug-likeness (QED) is 0.605. The Kier molecular flexibility index (Phi) is 4.69. The van der Waals surface area contributed by atoms with Gasteiger partial charge in [-0.2, -0.15) is 0 Å². The van der Waals surface area contributed by atoms with Crippen molar-refractivity contribution in [3.63, 3.8) is 0 Å². The van der Waals surface area contributed by atoms with Gasteiger partial charge in [0, 0.05) is 29.7 Å². The minimum atomic E-state index is -0.546. The van der Waals surface area contributed by atoms with Gasteiger partial charge in [-0.1, -0.05) is 27.3 Å². The molecule has 2 rings (SSSR count). The molecule has 0 atom stereocenters. The van der Waals surface area contributed by atoms with Crippen LogP contribution in [0.4, 0.5) is 9.39 Å². The molecule has 0 aliphatic rings. The molecule has 1 amide bonds. The summed E-state index contributed by atoms with van der Waals surface area (Å²) in [5.41, 5.74) is 0.367. The highest BCUT2D eigenvalue weighted by molar-refractivity contribution is 9.10. The number of benzene rings is 1. The van der Waals surface area contributed by atoms with Crippen LogP contribution in [-0.4, -0.2) is 22.8 Å². The first-order chi connectivity index (χ1) is 9.88. The van der Waals surface area contributed by atoms with E-state index < -0.39 is 10.7 Å². The fourth-order valence-electron chi connectivity index (χ4n) is 1.72. The molecule has 8 heteroatoms. The summed E-state index contributed by atoms with van der Waals surface area (Å²) in [6.45, 7) is 0.0792. The summed E-state index contributed by atoms with van der Waals surface area (Å²) in [4.78, 5) is 23.8. The molecule has 1 aromatic carbocycles. The number of halogens is 2. The largest absolute Gasteiger partial charge is 0.337 e. The average Bonchev–Trinajstić information content (AvgIpc) is 2.91. The molecule has 2 aromatic rings. The van der Waals surface area contributed by atoms with Gasteiger partial charge in [-0.3, -0.25) is 14.9 Å². The van der Waals surface area contributed by atoms with E-state index in [4.69, 9.17) is 0 Å². The molecule has 0 radical (unpaired) electrons. The standard InChI is InChI=1S/C13H10BrFN2O3S/c1-16(7-8-6-9(14)2-3-10(8)15)13(18)11-4-5-12(21-11)17(19)20/h2-6H,7H2,1H3. The van der Waals surface area contributed by atoms with Crippen LogP contribution in [0.5, 0.6) is 0 Å². The third-order valence-corrected chi connectivity index (χ3v) is 4.26. The Labute approximate surface area is 132 Å². The van der Waals surface area contributed by atoms with Gasteiger partial charge in [-0.25, -0.2) is 4.39 Å². The molecule has 0 spiro atoms. The van der Waals surface area contributed by atoms with Gasteiger partial charge in [0.25, 0.3) is 5.91 Å². The molecule has 5 nitrogen and oxygen atoms in total. The molecule has 0 bridgehead atoms. The van der Waals surface area contributed by atoms with Gasteiger partial charge in [0.2, 0.25) is 0 Å². The van der Waals surface area contributed by atoms with E-state index in [0.29, 0.717) is 10.0 Å². The molecule has 0 saturated carbocycles. The van der Waals surface area contributed by atoms with Crippen molar-refractivity contribution in [3.8, 4) is 0 Å². The minimum absolute atomic E-state index is 0.0792. The summed E-state index contributed by atoms with van der Waals surface area (Å²) in [6.07, 6.45) is 0. The number of thiophene rings is 1. The van der Waals surface area contributed by atoms with Crippen LogP contribution in [0.1, 0.15) is 15.2 Å². The molecule has 0 saturated heterocycles. The Morgan fingerprint density at radius 2 is 2.14 bits per heavy atom. The number of nitro groups is 1. The number of amides is 1. The van der Waals surface area contributed by atoms with Crippen LogP contribution in [0, 0.1) is 15.9 Å². The maximum atomic E-state index is 13.7. The van der Waals surface area contributed by atoms with Crippen molar-refractivity contribution in [2.45, 2.75) is 6.54 Å². The summed E-state index contributed by atoms with van der Waals surface area (Å²) >= 11 is 4.05. The average molecular weight is 373 g/mol. The Morgan fingerprint density at radius 1 is 1.43 bits per heavy atom. The van der Waals surface area contributed by atoms with E-state index in [2.05, 4.69) is 15.9 Å². The Bertz CT molecular complexity index is 704. The Hall–Kier alpha value is -1.80. The lowest BCUT2D eigenvalue weighted by Crippen LogP contribution is -2.25. The van der Waals surface area contributed by atoms with Crippen molar-refractivity contribution in [2.24, 2.45) is 0 Å². The number of hydrogen-bond acceptors (Lipinski definition) is 4. The molecule has 0 fully saturated rings. The SMILES string of the molecule is CN(Cc1cc(Br)ccc1F)C(=O)c1ccc([N+](=O)[O-])s1. The van der Waals surface area contributed by atoms with Crippen molar-refractivity contribution in [3.05, 3.63) is 61.2 Å². The first-order valence-electron chi connectivity index (χ1n) is 5.82. The van der Waals surface area contributed by atoms with E-state index in [9.17, 15) is 19.3 Å². The molecular formula is C13H10BrFN2O3S. The summed E-state index contributed by atoms with van der Waals surface area (Å²) in [5.74, 6) is -0.789. The normalized spacial score (nSPS) is 10.4. The fraction of sp³-hybridized carbons (Fsp3) is 0.154. The second kappa shape index (κ2) is 6.31. The minimum Gasteiger partial charge on any atom is -0.337 e. The maximum Gasteiger partial charge on any atom is 0.324 e. The van der Waals surface area contributed by atoms with Crippen LogP contribution >= 0.6 is 27.3 Å². The van der Waals surface area contributed by atoms with Crippen LogP contribution < -0.4 is 0 Å².